The van der Waals surface area contributed by atoms with E-state index in [-0.39, 0.29) is 28.6 Å². The van der Waals surface area contributed by atoms with Crippen molar-refractivity contribution in [2.75, 3.05) is 11.9 Å². The molecule has 0 aromatic heterocycles. The average molecular weight is 433 g/mol. The van der Waals surface area contributed by atoms with E-state index in [0.29, 0.717) is 37.8 Å². The summed E-state index contributed by atoms with van der Waals surface area (Å²) in [5.41, 5.74) is -0.0479. The van der Waals surface area contributed by atoms with Gasteiger partial charge in [0.15, 0.2) is 0 Å². The molecule has 1 atom stereocenters. The van der Waals surface area contributed by atoms with Gasteiger partial charge in [-0.15, -0.1) is 0 Å². The number of amides is 2. The monoisotopic (exact) mass is 432 g/mol. The van der Waals surface area contributed by atoms with Gasteiger partial charge in [-0.2, -0.15) is 13.2 Å². The second kappa shape index (κ2) is 8.14. The molecule has 9 heteroatoms. The number of hydrogen-bond donors (Lipinski definition) is 2. The van der Waals surface area contributed by atoms with Crippen LogP contribution in [0.2, 0.25) is 5.02 Å². The van der Waals surface area contributed by atoms with E-state index >= 15 is 0 Å². The normalized spacial score (nSPS) is 27.9. The molecule has 1 aliphatic carbocycles. The quantitative estimate of drug-likeness (QED) is 0.757. The van der Waals surface area contributed by atoms with E-state index in [1.54, 1.807) is 11.4 Å². The Bertz CT molecular complexity index is 788. The highest BCUT2D eigenvalue weighted by Gasteiger charge is 2.40. The molecule has 2 aliphatic rings. The standard InChI is InChI=1S/C20H24ClF3N2O3/c1-19(29)7-4-15(5-8-19)26-9-6-13(17(26)27)10-12-2-3-14(11-16(12)21)25-18(28)20(22,23)24/h2-3,11,13,15,29H,4-10H2,1H3,(H,25,28). The highest BCUT2D eigenvalue weighted by Crippen LogP contribution is 2.35. The van der Waals surface area contributed by atoms with Crippen LogP contribution in [0.1, 0.15) is 44.6 Å². The first kappa shape index (κ1) is 21.9. The van der Waals surface area contributed by atoms with Gasteiger partial charge < -0.3 is 15.3 Å². The second-order valence-corrected chi connectivity index (χ2v) is 8.61. The fraction of sp³-hybridized carbons (Fsp3) is 0.600. The summed E-state index contributed by atoms with van der Waals surface area (Å²) in [5.74, 6) is -2.23. The summed E-state index contributed by atoms with van der Waals surface area (Å²) in [6.07, 6.45) is -0.996. The van der Waals surface area contributed by atoms with E-state index in [2.05, 4.69) is 0 Å². The second-order valence-electron chi connectivity index (χ2n) is 8.21. The van der Waals surface area contributed by atoms with Crippen LogP contribution in [0.4, 0.5) is 18.9 Å². The topological polar surface area (TPSA) is 69.6 Å². The van der Waals surface area contributed by atoms with Crippen molar-refractivity contribution in [3.8, 4) is 0 Å². The number of anilines is 1. The minimum atomic E-state index is -4.97. The van der Waals surface area contributed by atoms with Gasteiger partial charge in [0.2, 0.25) is 5.91 Å². The summed E-state index contributed by atoms with van der Waals surface area (Å²) < 4.78 is 37.1. The molecule has 1 saturated heterocycles. The number of rotatable bonds is 4. The maximum Gasteiger partial charge on any atom is 0.471 e. The Labute approximate surface area is 172 Å². The SMILES string of the molecule is CC1(O)CCC(N2CCC(Cc3ccc(NC(=O)C(F)(F)F)cc3Cl)C2=O)CC1. The Morgan fingerprint density at radius 2 is 1.97 bits per heavy atom. The molecular weight excluding hydrogens is 409 g/mol. The van der Waals surface area contributed by atoms with Gasteiger partial charge in [-0.05, 0) is 63.1 Å². The molecule has 0 radical (unpaired) electrons. The molecule has 1 heterocycles. The van der Waals surface area contributed by atoms with Gasteiger partial charge in [0.05, 0.1) is 5.60 Å². The fourth-order valence-corrected chi connectivity index (χ4v) is 4.37. The number of nitrogens with zero attached hydrogens (tertiary/aromatic N) is 1. The molecule has 0 bridgehead atoms. The third-order valence-corrected chi connectivity index (χ3v) is 6.21. The minimum Gasteiger partial charge on any atom is -0.390 e. The summed E-state index contributed by atoms with van der Waals surface area (Å²) in [4.78, 5) is 25.8. The van der Waals surface area contributed by atoms with Crippen LogP contribution in [0.15, 0.2) is 18.2 Å². The fourth-order valence-electron chi connectivity index (χ4n) is 4.11. The molecule has 1 aromatic carbocycles. The summed E-state index contributed by atoms with van der Waals surface area (Å²) in [5, 5.41) is 12.1. The molecule has 2 N–H and O–H groups in total. The highest BCUT2D eigenvalue weighted by atomic mass is 35.5. The zero-order chi connectivity index (χ0) is 21.4. The van der Waals surface area contributed by atoms with Crippen LogP contribution in [-0.4, -0.2) is 46.2 Å². The lowest BCUT2D eigenvalue weighted by molar-refractivity contribution is -0.167. The smallest absolute Gasteiger partial charge is 0.390 e. The van der Waals surface area contributed by atoms with E-state index in [1.165, 1.54) is 12.1 Å². The number of benzene rings is 1. The lowest BCUT2D eigenvalue weighted by Gasteiger charge is -2.37. The molecule has 1 aromatic rings. The van der Waals surface area contributed by atoms with Gasteiger partial charge in [-0.3, -0.25) is 9.59 Å². The van der Waals surface area contributed by atoms with E-state index in [0.717, 1.165) is 12.8 Å². The molecule has 1 saturated carbocycles. The van der Waals surface area contributed by atoms with Crippen molar-refractivity contribution < 1.29 is 27.9 Å². The predicted octanol–water partition coefficient (Wildman–Crippen LogP) is 3.93. The van der Waals surface area contributed by atoms with Gasteiger partial charge in [-0.1, -0.05) is 17.7 Å². The lowest BCUT2D eigenvalue weighted by Crippen LogP contribution is -2.43. The summed E-state index contributed by atoms with van der Waals surface area (Å²) >= 11 is 6.18. The maximum absolute atomic E-state index is 12.8. The van der Waals surface area contributed by atoms with Crippen molar-refractivity contribution in [3.63, 3.8) is 0 Å². The van der Waals surface area contributed by atoms with Crippen LogP contribution >= 0.6 is 11.6 Å². The molecule has 1 aliphatic heterocycles. The highest BCUT2D eigenvalue weighted by molar-refractivity contribution is 6.31. The van der Waals surface area contributed by atoms with Crippen molar-refractivity contribution >= 4 is 29.1 Å². The molecule has 2 amide bonds. The van der Waals surface area contributed by atoms with Crippen LogP contribution in [0.3, 0.4) is 0 Å². The number of carbonyl (C=O) groups excluding carboxylic acids is 2. The molecule has 29 heavy (non-hydrogen) atoms. The van der Waals surface area contributed by atoms with E-state index in [1.807, 2.05) is 11.8 Å². The summed E-state index contributed by atoms with van der Waals surface area (Å²) in [6.45, 7) is 2.48. The van der Waals surface area contributed by atoms with Crippen molar-refractivity contribution in [3.05, 3.63) is 28.8 Å². The van der Waals surface area contributed by atoms with Crippen molar-refractivity contribution in [2.24, 2.45) is 5.92 Å². The molecule has 160 valence electrons. The van der Waals surface area contributed by atoms with Crippen LogP contribution in [0.25, 0.3) is 0 Å². The molecular formula is C20H24ClF3N2O3. The third-order valence-electron chi connectivity index (χ3n) is 5.86. The molecule has 0 spiro atoms. The largest absolute Gasteiger partial charge is 0.471 e. The first-order valence-corrected chi connectivity index (χ1v) is 10.0. The lowest BCUT2D eigenvalue weighted by atomic mass is 9.83. The first-order valence-electron chi connectivity index (χ1n) is 9.66. The Morgan fingerprint density at radius 1 is 1.31 bits per heavy atom. The zero-order valence-electron chi connectivity index (χ0n) is 16.1. The minimum absolute atomic E-state index is 0.0466. The molecule has 2 fully saturated rings. The summed E-state index contributed by atoms with van der Waals surface area (Å²) in [6, 6.07) is 4.30. The van der Waals surface area contributed by atoms with Crippen molar-refractivity contribution in [2.45, 2.75) is 63.3 Å². The Morgan fingerprint density at radius 3 is 2.55 bits per heavy atom. The van der Waals surface area contributed by atoms with Gasteiger partial charge in [0, 0.05) is 29.2 Å². The van der Waals surface area contributed by atoms with Crippen LogP contribution < -0.4 is 5.32 Å². The van der Waals surface area contributed by atoms with Crippen LogP contribution in [-0.2, 0) is 16.0 Å². The van der Waals surface area contributed by atoms with Gasteiger partial charge in [0.25, 0.3) is 0 Å². The Kier molecular flexibility index (Phi) is 6.15. The number of halogens is 4. The average Bonchev–Trinajstić information content (AvgIpc) is 2.97. The molecule has 1 unspecified atom stereocenters. The molecule has 3 rings (SSSR count). The number of alkyl halides is 3. The van der Waals surface area contributed by atoms with Crippen molar-refractivity contribution in [1.29, 1.82) is 0 Å². The van der Waals surface area contributed by atoms with E-state index < -0.39 is 17.7 Å². The zero-order valence-corrected chi connectivity index (χ0v) is 16.8. The van der Waals surface area contributed by atoms with Gasteiger partial charge >= 0.3 is 12.1 Å². The predicted molar refractivity (Wildman–Crippen MR) is 103 cm³/mol. The van der Waals surface area contributed by atoms with Gasteiger partial charge in [-0.25, -0.2) is 0 Å². The Balaban J connectivity index is 1.60. The molecule has 5 nitrogen and oxygen atoms in total. The van der Waals surface area contributed by atoms with Crippen LogP contribution in [0.5, 0.6) is 0 Å². The first-order chi connectivity index (χ1) is 13.5. The number of hydrogen-bond acceptors (Lipinski definition) is 3. The summed E-state index contributed by atoms with van der Waals surface area (Å²) in [7, 11) is 0. The number of aliphatic hydroxyl groups is 1. The van der Waals surface area contributed by atoms with Gasteiger partial charge in [0.1, 0.15) is 0 Å². The van der Waals surface area contributed by atoms with E-state index in [9.17, 15) is 27.9 Å². The maximum atomic E-state index is 12.8. The number of carbonyl (C=O) groups is 2. The third kappa shape index (κ3) is 5.22. The number of nitrogens with one attached hydrogen (secondary N) is 1. The Hall–Kier alpha value is -1.80. The van der Waals surface area contributed by atoms with Crippen molar-refractivity contribution in [1.82, 2.24) is 4.90 Å². The van der Waals surface area contributed by atoms with E-state index in [4.69, 9.17) is 11.6 Å². The van der Waals surface area contributed by atoms with Crippen LogP contribution in [0, 0.1) is 5.92 Å². The number of likely N-dealkylation sites (tertiary alicyclic amines) is 1.